The first-order valence-electron chi connectivity index (χ1n) is 10.3. The van der Waals surface area contributed by atoms with Gasteiger partial charge in [-0.15, -0.1) is 0 Å². The molecule has 1 unspecified atom stereocenters. The van der Waals surface area contributed by atoms with Crippen LogP contribution >= 0.6 is 0 Å². The van der Waals surface area contributed by atoms with Crippen LogP contribution in [0.25, 0.3) is 5.57 Å². The van der Waals surface area contributed by atoms with Gasteiger partial charge in [0.2, 0.25) is 0 Å². The molecule has 1 aliphatic carbocycles. The third kappa shape index (κ3) is 5.93. The van der Waals surface area contributed by atoms with Crippen molar-refractivity contribution in [2.75, 3.05) is 7.11 Å². The molecule has 176 valence electrons. The molecule has 0 bridgehead atoms. The van der Waals surface area contributed by atoms with Crippen LogP contribution in [0.5, 0.6) is 5.75 Å². The number of hydrogen-bond acceptors (Lipinski definition) is 3. The molecule has 8 heteroatoms. The van der Waals surface area contributed by atoms with Crippen LogP contribution in [0.15, 0.2) is 66.4 Å². The van der Waals surface area contributed by atoms with Crippen LogP contribution in [0.2, 0.25) is 0 Å². The van der Waals surface area contributed by atoms with Crippen LogP contribution in [0.3, 0.4) is 0 Å². The minimum absolute atomic E-state index is 0.282. The number of ketones is 1. The number of rotatable bonds is 5. The van der Waals surface area contributed by atoms with Gasteiger partial charge in [0.1, 0.15) is 16.7 Å². The number of nitrogens with one attached hydrogen (secondary N) is 1. The number of benzene rings is 2. The summed E-state index contributed by atoms with van der Waals surface area (Å²) >= 11 is 0. The number of ether oxygens (including phenoxy) is 1. The first-order valence-corrected chi connectivity index (χ1v) is 11.5. The predicted octanol–water partition coefficient (Wildman–Crippen LogP) is 5.79. The van der Waals surface area contributed by atoms with E-state index in [-0.39, 0.29) is 11.7 Å². The Bertz CT molecular complexity index is 1100. The summed E-state index contributed by atoms with van der Waals surface area (Å²) in [4.78, 5) is 13.1. The predicted molar refractivity (Wildman–Crippen MR) is 124 cm³/mol. The lowest BCUT2D eigenvalue weighted by Gasteiger charge is -2.27. The Morgan fingerprint density at radius 3 is 2.15 bits per heavy atom. The minimum Gasteiger partial charge on any atom is -0.497 e. The summed E-state index contributed by atoms with van der Waals surface area (Å²) in [5.41, 5.74) is 1.74. The van der Waals surface area contributed by atoms with Crippen molar-refractivity contribution >= 4 is 22.3 Å². The van der Waals surface area contributed by atoms with E-state index in [1.807, 2.05) is 32.9 Å². The Labute approximate surface area is 194 Å². The van der Waals surface area contributed by atoms with Crippen molar-refractivity contribution in [2.45, 2.75) is 44.0 Å². The molecule has 0 radical (unpaired) electrons. The Morgan fingerprint density at radius 1 is 1.03 bits per heavy atom. The fourth-order valence-electron chi connectivity index (χ4n) is 3.48. The van der Waals surface area contributed by atoms with Crippen molar-refractivity contribution in [3.05, 3.63) is 83.1 Å². The van der Waals surface area contributed by atoms with E-state index >= 15 is 0 Å². The van der Waals surface area contributed by atoms with Crippen molar-refractivity contribution < 1.29 is 26.9 Å². The summed E-state index contributed by atoms with van der Waals surface area (Å²) in [7, 11) is 0.145. The van der Waals surface area contributed by atoms with Crippen molar-refractivity contribution in [3.63, 3.8) is 0 Å². The average molecular weight is 478 g/mol. The highest BCUT2D eigenvalue weighted by Gasteiger charge is 2.32. The second kappa shape index (κ2) is 9.55. The molecule has 0 spiro atoms. The zero-order chi connectivity index (χ0) is 24.4. The number of methoxy groups -OCH3 is 1. The molecule has 1 aliphatic rings. The van der Waals surface area contributed by atoms with E-state index in [0.29, 0.717) is 28.9 Å². The molecular formula is C25H26F3NO3S. The van der Waals surface area contributed by atoms with E-state index in [1.54, 1.807) is 19.2 Å². The van der Waals surface area contributed by atoms with E-state index in [2.05, 4.69) is 4.72 Å². The standard InChI is InChI=1S/C25H26F3NO3S/c1-24(2,3)33(31)29-15-22-21(17-7-11-20(32-4)12-8-17)13-18(14-23(22)30)16-5-9-19(10-6-16)25(26,27)28/h5-12,14-15,21,29H,13H2,1-4H3/b22-15+/t21-,33?/m1/s1. The molecule has 0 saturated carbocycles. The highest BCUT2D eigenvalue weighted by Crippen LogP contribution is 2.40. The molecule has 2 aromatic rings. The van der Waals surface area contributed by atoms with Crippen molar-refractivity contribution in [1.29, 1.82) is 0 Å². The van der Waals surface area contributed by atoms with Gasteiger partial charge < -0.3 is 9.46 Å². The van der Waals surface area contributed by atoms with Crippen LogP contribution in [-0.2, 0) is 22.0 Å². The fraction of sp³-hybridized carbons (Fsp3) is 0.320. The second-order valence-electron chi connectivity index (χ2n) is 8.74. The maximum absolute atomic E-state index is 13.1. The van der Waals surface area contributed by atoms with Crippen LogP contribution in [0.1, 0.15) is 49.8 Å². The molecular weight excluding hydrogens is 451 g/mol. The highest BCUT2D eigenvalue weighted by atomic mass is 32.2. The van der Waals surface area contributed by atoms with Gasteiger partial charge in [-0.25, -0.2) is 4.21 Å². The minimum atomic E-state index is -4.43. The van der Waals surface area contributed by atoms with E-state index in [1.165, 1.54) is 24.4 Å². The van der Waals surface area contributed by atoms with Gasteiger partial charge in [0, 0.05) is 17.7 Å². The molecule has 2 atom stereocenters. The number of carbonyl (C=O) groups excluding carboxylic acids is 1. The summed E-state index contributed by atoms with van der Waals surface area (Å²) in [6, 6.07) is 12.1. The summed E-state index contributed by atoms with van der Waals surface area (Å²) in [6.45, 7) is 5.46. The van der Waals surface area contributed by atoms with Gasteiger partial charge >= 0.3 is 6.18 Å². The molecule has 0 aliphatic heterocycles. The first kappa shape index (κ1) is 24.8. The molecule has 2 aromatic carbocycles. The van der Waals surface area contributed by atoms with Crippen LogP contribution in [-0.4, -0.2) is 21.8 Å². The van der Waals surface area contributed by atoms with Crippen molar-refractivity contribution in [3.8, 4) is 5.75 Å². The molecule has 0 fully saturated rings. The maximum atomic E-state index is 13.1. The third-order valence-corrected chi connectivity index (χ3v) is 6.81. The summed E-state index contributed by atoms with van der Waals surface area (Å²) in [5, 5.41) is 0. The van der Waals surface area contributed by atoms with Gasteiger partial charge in [0.15, 0.2) is 5.78 Å². The summed E-state index contributed by atoms with van der Waals surface area (Å²) in [6.07, 6.45) is -1.08. The molecule has 3 rings (SSSR count). The molecule has 0 heterocycles. The van der Waals surface area contributed by atoms with Gasteiger partial charge in [-0.05, 0) is 74.2 Å². The Kier molecular flexibility index (Phi) is 7.17. The number of allylic oxidation sites excluding steroid dienone is 3. The zero-order valence-electron chi connectivity index (χ0n) is 18.8. The molecule has 0 amide bonds. The van der Waals surface area contributed by atoms with E-state index in [4.69, 9.17) is 4.74 Å². The molecule has 0 saturated heterocycles. The van der Waals surface area contributed by atoms with Gasteiger partial charge in [0.05, 0.1) is 17.4 Å². The monoisotopic (exact) mass is 477 g/mol. The van der Waals surface area contributed by atoms with Crippen LogP contribution < -0.4 is 9.46 Å². The van der Waals surface area contributed by atoms with Gasteiger partial charge in [-0.2, -0.15) is 13.2 Å². The number of alkyl halides is 3. The van der Waals surface area contributed by atoms with E-state index < -0.39 is 27.5 Å². The maximum Gasteiger partial charge on any atom is 0.416 e. The quantitative estimate of drug-likeness (QED) is 0.555. The topological polar surface area (TPSA) is 55.4 Å². The molecule has 1 N–H and O–H groups in total. The highest BCUT2D eigenvalue weighted by molar-refractivity contribution is 7.84. The first-order chi connectivity index (χ1) is 15.4. The average Bonchev–Trinajstić information content (AvgIpc) is 2.76. The fourth-order valence-corrected chi connectivity index (χ4v) is 4.06. The third-order valence-electron chi connectivity index (χ3n) is 5.37. The molecule has 0 aromatic heterocycles. The molecule has 33 heavy (non-hydrogen) atoms. The lowest BCUT2D eigenvalue weighted by molar-refractivity contribution is -0.137. The number of carbonyl (C=O) groups is 1. The second-order valence-corrected chi connectivity index (χ2v) is 10.7. The SMILES string of the molecule is COc1ccc([C@H]2CC(c3ccc(C(F)(F)F)cc3)=CC(=O)/C2=C/NS(=O)C(C)(C)C)cc1. The largest absolute Gasteiger partial charge is 0.497 e. The summed E-state index contributed by atoms with van der Waals surface area (Å²) in [5.74, 6) is 0.0161. The lowest BCUT2D eigenvalue weighted by atomic mass is 9.78. The van der Waals surface area contributed by atoms with Crippen molar-refractivity contribution in [2.24, 2.45) is 0 Å². The molecule has 4 nitrogen and oxygen atoms in total. The van der Waals surface area contributed by atoms with Gasteiger partial charge in [-0.1, -0.05) is 24.3 Å². The number of halogens is 3. The van der Waals surface area contributed by atoms with Crippen LogP contribution in [0, 0.1) is 0 Å². The van der Waals surface area contributed by atoms with Gasteiger partial charge in [-0.3, -0.25) is 4.79 Å². The van der Waals surface area contributed by atoms with Gasteiger partial charge in [0.25, 0.3) is 0 Å². The smallest absolute Gasteiger partial charge is 0.416 e. The van der Waals surface area contributed by atoms with Crippen molar-refractivity contribution in [1.82, 2.24) is 4.72 Å². The zero-order valence-corrected chi connectivity index (χ0v) is 19.6. The Hall–Kier alpha value is -2.87. The normalized spacial score (nSPS) is 19.2. The summed E-state index contributed by atoms with van der Waals surface area (Å²) < 4.78 is 58.8. The van der Waals surface area contributed by atoms with E-state index in [9.17, 15) is 22.2 Å². The Morgan fingerprint density at radius 2 is 1.64 bits per heavy atom. The Balaban J connectivity index is 1.99. The van der Waals surface area contributed by atoms with Crippen LogP contribution in [0.4, 0.5) is 13.2 Å². The lowest BCUT2D eigenvalue weighted by Crippen LogP contribution is -2.31. The number of hydrogen-bond donors (Lipinski definition) is 1. The van der Waals surface area contributed by atoms with E-state index in [0.717, 1.165) is 17.7 Å².